The number of hydrogen-bond acceptors (Lipinski definition) is 3. The van der Waals surface area contributed by atoms with E-state index >= 15 is 0 Å². The molecule has 0 spiro atoms. The van der Waals surface area contributed by atoms with Crippen molar-refractivity contribution in [2.45, 2.75) is 19.9 Å². The third-order valence-electron chi connectivity index (χ3n) is 3.03. The highest BCUT2D eigenvalue weighted by Crippen LogP contribution is 2.20. The number of rotatable bonds is 5. The van der Waals surface area contributed by atoms with Crippen LogP contribution in [0.25, 0.3) is 0 Å². The molecule has 23 heavy (non-hydrogen) atoms. The topological polar surface area (TPSA) is 49.3 Å². The van der Waals surface area contributed by atoms with E-state index in [9.17, 15) is 0 Å². The van der Waals surface area contributed by atoms with Gasteiger partial charge in [0.05, 0.1) is 10.7 Å². The van der Waals surface area contributed by atoms with Crippen LogP contribution in [0.5, 0.6) is 0 Å². The molecule has 2 N–H and O–H groups in total. The van der Waals surface area contributed by atoms with Crippen molar-refractivity contribution >= 4 is 64.5 Å². The molecular weight excluding hydrogens is 466 g/mol. The van der Waals surface area contributed by atoms with Crippen LogP contribution in [0.1, 0.15) is 16.3 Å². The normalized spacial score (nSPS) is 11.0. The molecule has 1 aromatic heterocycles. The van der Waals surface area contributed by atoms with Gasteiger partial charge >= 0.3 is 0 Å². The van der Waals surface area contributed by atoms with E-state index in [1.807, 2.05) is 19.1 Å². The SMILES string of the molecule is CN=C(NCCc1csc(C)n1)NCc1ccc(Cl)cc1Cl.I. The lowest BCUT2D eigenvalue weighted by Crippen LogP contribution is -2.37. The standard InChI is InChI=1S/C15H18Cl2N4S.HI/c1-10-21-13(9-22-10)5-6-19-15(18-2)20-8-11-3-4-12(16)7-14(11)17;/h3-4,7,9H,5-6,8H2,1-2H3,(H2,18,19,20);1H. The molecule has 0 saturated heterocycles. The molecule has 0 amide bonds. The Morgan fingerprint density at radius 1 is 1.30 bits per heavy atom. The first kappa shape index (κ1) is 20.5. The van der Waals surface area contributed by atoms with Crippen molar-refractivity contribution in [3.8, 4) is 0 Å². The van der Waals surface area contributed by atoms with Crippen molar-refractivity contribution in [2.75, 3.05) is 13.6 Å². The summed E-state index contributed by atoms with van der Waals surface area (Å²) in [5, 5.41) is 11.0. The largest absolute Gasteiger partial charge is 0.356 e. The zero-order chi connectivity index (χ0) is 15.9. The van der Waals surface area contributed by atoms with E-state index in [0.29, 0.717) is 16.6 Å². The molecule has 0 unspecified atom stereocenters. The highest BCUT2D eigenvalue weighted by atomic mass is 127. The average molecular weight is 485 g/mol. The van der Waals surface area contributed by atoms with Crippen molar-refractivity contribution in [3.63, 3.8) is 0 Å². The second kappa shape index (κ2) is 10.3. The van der Waals surface area contributed by atoms with Gasteiger partial charge in [-0.05, 0) is 24.6 Å². The molecule has 2 aromatic rings. The first-order valence-corrected chi connectivity index (χ1v) is 8.51. The van der Waals surface area contributed by atoms with Crippen LogP contribution in [0.3, 0.4) is 0 Å². The van der Waals surface area contributed by atoms with Gasteiger partial charge in [0.15, 0.2) is 5.96 Å². The summed E-state index contributed by atoms with van der Waals surface area (Å²) in [5.74, 6) is 0.734. The number of nitrogens with zero attached hydrogens (tertiary/aromatic N) is 2. The first-order chi connectivity index (χ1) is 10.6. The predicted octanol–water partition coefficient (Wildman–Crippen LogP) is 4.28. The summed E-state index contributed by atoms with van der Waals surface area (Å²) >= 11 is 13.7. The van der Waals surface area contributed by atoms with Crippen LogP contribution in [0.2, 0.25) is 10.0 Å². The lowest BCUT2D eigenvalue weighted by molar-refractivity contribution is 0.786. The maximum atomic E-state index is 6.15. The minimum absolute atomic E-state index is 0. The average Bonchev–Trinajstić information content (AvgIpc) is 2.89. The number of nitrogens with one attached hydrogen (secondary N) is 2. The lowest BCUT2D eigenvalue weighted by Gasteiger charge is -2.12. The zero-order valence-corrected chi connectivity index (χ0v) is 17.6. The first-order valence-electron chi connectivity index (χ1n) is 6.88. The Labute approximate surface area is 167 Å². The van der Waals surface area contributed by atoms with Gasteiger partial charge < -0.3 is 10.6 Å². The van der Waals surface area contributed by atoms with E-state index in [-0.39, 0.29) is 24.0 Å². The molecule has 0 saturated carbocycles. The van der Waals surface area contributed by atoms with E-state index in [2.05, 4.69) is 26.0 Å². The fourth-order valence-corrected chi connectivity index (χ4v) is 3.02. The van der Waals surface area contributed by atoms with E-state index in [1.165, 1.54) is 0 Å². The zero-order valence-electron chi connectivity index (χ0n) is 12.9. The minimum atomic E-state index is 0. The van der Waals surface area contributed by atoms with E-state index in [0.717, 1.165) is 35.2 Å². The molecule has 0 fully saturated rings. The van der Waals surface area contributed by atoms with Gasteiger partial charge in [-0.3, -0.25) is 4.99 Å². The Morgan fingerprint density at radius 2 is 2.09 bits per heavy atom. The number of aromatic nitrogens is 1. The van der Waals surface area contributed by atoms with Gasteiger partial charge in [0.1, 0.15) is 0 Å². The Hall–Kier alpha value is -0.570. The van der Waals surface area contributed by atoms with Gasteiger partial charge in [-0.2, -0.15) is 0 Å². The van der Waals surface area contributed by atoms with Gasteiger partial charge in [-0.25, -0.2) is 4.98 Å². The summed E-state index contributed by atoms with van der Waals surface area (Å²) in [6, 6.07) is 5.47. The van der Waals surface area contributed by atoms with Crippen LogP contribution in [0, 0.1) is 6.92 Å². The summed E-state index contributed by atoms with van der Waals surface area (Å²) in [7, 11) is 1.74. The molecule has 0 aliphatic carbocycles. The fourth-order valence-electron chi connectivity index (χ4n) is 1.90. The summed E-state index contributed by atoms with van der Waals surface area (Å²) in [5.41, 5.74) is 2.08. The highest BCUT2D eigenvalue weighted by molar-refractivity contribution is 14.0. The van der Waals surface area contributed by atoms with Crippen molar-refractivity contribution in [2.24, 2.45) is 4.99 Å². The van der Waals surface area contributed by atoms with Gasteiger partial charge in [0, 0.05) is 42.0 Å². The quantitative estimate of drug-likeness (QED) is 0.378. The van der Waals surface area contributed by atoms with Crippen LogP contribution >= 0.6 is 58.5 Å². The molecule has 1 heterocycles. The molecule has 8 heteroatoms. The van der Waals surface area contributed by atoms with E-state index < -0.39 is 0 Å². The maximum Gasteiger partial charge on any atom is 0.191 e. The predicted molar refractivity (Wildman–Crippen MR) is 111 cm³/mol. The van der Waals surface area contributed by atoms with Crippen LogP contribution < -0.4 is 10.6 Å². The van der Waals surface area contributed by atoms with E-state index in [4.69, 9.17) is 23.2 Å². The number of hydrogen-bond donors (Lipinski definition) is 2. The maximum absolute atomic E-state index is 6.15. The summed E-state index contributed by atoms with van der Waals surface area (Å²) in [4.78, 5) is 8.63. The Bertz CT molecular complexity index is 661. The summed E-state index contributed by atoms with van der Waals surface area (Å²) in [6.45, 7) is 3.38. The van der Waals surface area contributed by atoms with Gasteiger partial charge in [0.2, 0.25) is 0 Å². The third-order valence-corrected chi connectivity index (χ3v) is 4.43. The molecule has 126 valence electrons. The van der Waals surface area contributed by atoms with Crippen molar-refractivity contribution in [1.29, 1.82) is 0 Å². The Kier molecular flexibility index (Phi) is 9.19. The number of benzene rings is 1. The lowest BCUT2D eigenvalue weighted by atomic mass is 10.2. The Balaban J connectivity index is 0.00000264. The summed E-state index contributed by atoms with van der Waals surface area (Å²) < 4.78 is 0. The number of thiazole rings is 1. The monoisotopic (exact) mass is 484 g/mol. The molecule has 0 atom stereocenters. The van der Waals surface area contributed by atoms with Crippen molar-refractivity contribution in [1.82, 2.24) is 15.6 Å². The van der Waals surface area contributed by atoms with E-state index in [1.54, 1.807) is 24.5 Å². The van der Waals surface area contributed by atoms with Gasteiger partial charge in [0.25, 0.3) is 0 Å². The molecule has 4 nitrogen and oxygen atoms in total. The summed E-state index contributed by atoms with van der Waals surface area (Å²) in [6.07, 6.45) is 0.868. The van der Waals surface area contributed by atoms with Crippen LogP contribution in [0.15, 0.2) is 28.6 Å². The smallest absolute Gasteiger partial charge is 0.191 e. The number of halogens is 3. The second-order valence-corrected chi connectivity index (χ2v) is 6.60. The molecule has 0 aliphatic heterocycles. The molecule has 0 aliphatic rings. The molecule has 0 radical (unpaired) electrons. The number of aryl methyl sites for hydroxylation is 1. The molecule has 1 aromatic carbocycles. The minimum Gasteiger partial charge on any atom is -0.356 e. The number of aliphatic imine (C=N–C) groups is 1. The Morgan fingerprint density at radius 3 is 2.70 bits per heavy atom. The second-order valence-electron chi connectivity index (χ2n) is 4.70. The third kappa shape index (κ3) is 6.82. The fraction of sp³-hybridized carbons (Fsp3) is 0.333. The van der Waals surface area contributed by atoms with Gasteiger partial charge in [-0.15, -0.1) is 35.3 Å². The van der Waals surface area contributed by atoms with Crippen LogP contribution in [0.4, 0.5) is 0 Å². The molecule has 2 rings (SSSR count). The van der Waals surface area contributed by atoms with Crippen LogP contribution in [-0.4, -0.2) is 24.5 Å². The number of guanidine groups is 1. The van der Waals surface area contributed by atoms with Crippen molar-refractivity contribution < 1.29 is 0 Å². The molecule has 0 bridgehead atoms. The van der Waals surface area contributed by atoms with Gasteiger partial charge in [-0.1, -0.05) is 29.3 Å². The highest BCUT2D eigenvalue weighted by Gasteiger charge is 2.04. The van der Waals surface area contributed by atoms with Crippen LogP contribution in [-0.2, 0) is 13.0 Å². The molecular formula is C15H19Cl2IN4S. The van der Waals surface area contributed by atoms with Crippen molar-refractivity contribution in [3.05, 3.63) is 49.9 Å².